The zero-order valence-electron chi connectivity index (χ0n) is 7.80. The molecular weight excluding hydrogens is 232 g/mol. The second kappa shape index (κ2) is 3.49. The molecule has 1 heterocycles. The molecule has 0 saturated carbocycles. The van der Waals surface area contributed by atoms with E-state index in [9.17, 15) is 19.8 Å². The predicted molar refractivity (Wildman–Crippen MR) is 58.4 cm³/mol. The Balaban J connectivity index is 2.90. The van der Waals surface area contributed by atoms with Gasteiger partial charge in [0.25, 0.3) is 0 Å². The molecule has 0 saturated heterocycles. The van der Waals surface area contributed by atoms with Crippen LogP contribution in [-0.4, -0.2) is 21.3 Å². The van der Waals surface area contributed by atoms with Gasteiger partial charge in [0.1, 0.15) is 5.56 Å². The van der Waals surface area contributed by atoms with Crippen LogP contribution in [0.25, 0.3) is 10.1 Å². The van der Waals surface area contributed by atoms with Crippen molar-refractivity contribution in [3.63, 3.8) is 0 Å². The van der Waals surface area contributed by atoms with Crippen molar-refractivity contribution in [3.8, 4) is 11.5 Å². The van der Waals surface area contributed by atoms with Crippen molar-refractivity contribution in [1.82, 2.24) is 0 Å². The standard InChI is InChI=1S/C10H6O5S/c11-6-1-4-8(2-7(6)12)16-3-5(9(4)13)10(14)15/h1-3,11-12H,(H,14,15). The lowest BCUT2D eigenvalue weighted by atomic mass is 10.2. The highest BCUT2D eigenvalue weighted by Crippen LogP contribution is 2.30. The first-order valence-corrected chi connectivity index (χ1v) is 5.09. The van der Waals surface area contributed by atoms with Gasteiger partial charge >= 0.3 is 5.97 Å². The number of carboxylic acid groups (broad SMARTS) is 1. The van der Waals surface area contributed by atoms with E-state index in [1.807, 2.05) is 0 Å². The van der Waals surface area contributed by atoms with Gasteiger partial charge in [0.2, 0.25) is 5.43 Å². The van der Waals surface area contributed by atoms with Crippen molar-refractivity contribution >= 4 is 27.4 Å². The summed E-state index contributed by atoms with van der Waals surface area (Å²) in [5.41, 5.74) is -1.01. The Kier molecular flexibility index (Phi) is 2.28. The van der Waals surface area contributed by atoms with Gasteiger partial charge in [-0.25, -0.2) is 4.79 Å². The molecule has 2 rings (SSSR count). The zero-order chi connectivity index (χ0) is 11.9. The Labute approximate surface area is 92.8 Å². The molecule has 0 spiro atoms. The number of carbonyl (C=O) groups is 1. The summed E-state index contributed by atoms with van der Waals surface area (Å²) >= 11 is 1.02. The van der Waals surface area contributed by atoms with Gasteiger partial charge in [-0.15, -0.1) is 11.3 Å². The van der Waals surface area contributed by atoms with Crippen molar-refractivity contribution in [1.29, 1.82) is 0 Å². The normalized spacial score (nSPS) is 10.5. The number of aromatic hydroxyl groups is 2. The second-order valence-electron chi connectivity index (χ2n) is 3.12. The summed E-state index contributed by atoms with van der Waals surface area (Å²) in [6.45, 7) is 0. The van der Waals surface area contributed by atoms with Crippen molar-refractivity contribution in [3.05, 3.63) is 33.3 Å². The molecule has 0 aliphatic rings. The first-order chi connectivity index (χ1) is 7.50. The quantitative estimate of drug-likeness (QED) is 0.652. The molecule has 0 aliphatic carbocycles. The SMILES string of the molecule is O=C(O)c1csc2cc(O)c(O)cc2c1=O. The van der Waals surface area contributed by atoms with Crippen LogP contribution < -0.4 is 5.43 Å². The van der Waals surface area contributed by atoms with E-state index in [0.29, 0.717) is 4.70 Å². The Hall–Kier alpha value is -2.08. The Morgan fingerprint density at radius 3 is 2.44 bits per heavy atom. The van der Waals surface area contributed by atoms with Crippen LogP contribution in [0.4, 0.5) is 0 Å². The lowest BCUT2D eigenvalue weighted by molar-refractivity contribution is 0.0696. The van der Waals surface area contributed by atoms with E-state index in [2.05, 4.69) is 0 Å². The van der Waals surface area contributed by atoms with Crippen LogP contribution in [-0.2, 0) is 0 Å². The number of phenols is 2. The van der Waals surface area contributed by atoms with E-state index in [-0.39, 0.29) is 16.7 Å². The summed E-state index contributed by atoms with van der Waals surface area (Å²) in [6.07, 6.45) is 0. The van der Waals surface area contributed by atoms with Gasteiger partial charge in [-0.1, -0.05) is 0 Å². The monoisotopic (exact) mass is 238 g/mol. The minimum Gasteiger partial charge on any atom is -0.504 e. The average molecular weight is 238 g/mol. The number of fused-ring (bicyclic) bond motifs is 1. The second-order valence-corrected chi connectivity index (χ2v) is 4.03. The molecule has 0 radical (unpaired) electrons. The number of hydrogen-bond donors (Lipinski definition) is 3. The molecule has 82 valence electrons. The molecular formula is C10H6O5S. The maximum absolute atomic E-state index is 11.7. The molecule has 2 aromatic rings. The maximum atomic E-state index is 11.7. The molecule has 1 aromatic carbocycles. The molecule has 0 atom stereocenters. The number of hydrogen-bond acceptors (Lipinski definition) is 5. The van der Waals surface area contributed by atoms with Gasteiger partial charge < -0.3 is 15.3 Å². The minimum atomic E-state index is -1.31. The first kappa shape index (κ1) is 10.4. The molecule has 5 nitrogen and oxygen atoms in total. The van der Waals surface area contributed by atoms with Crippen LogP contribution in [0.15, 0.2) is 22.3 Å². The molecule has 0 unspecified atom stereocenters. The molecule has 0 amide bonds. The Morgan fingerprint density at radius 2 is 1.81 bits per heavy atom. The van der Waals surface area contributed by atoms with E-state index in [1.54, 1.807) is 0 Å². The fraction of sp³-hybridized carbons (Fsp3) is 0. The molecule has 3 N–H and O–H groups in total. The summed E-state index contributed by atoms with van der Waals surface area (Å²) in [4.78, 5) is 22.4. The molecule has 16 heavy (non-hydrogen) atoms. The highest BCUT2D eigenvalue weighted by Gasteiger charge is 2.13. The summed E-state index contributed by atoms with van der Waals surface area (Å²) in [5, 5.41) is 28.5. The number of aromatic carboxylic acids is 1. The van der Waals surface area contributed by atoms with Gasteiger partial charge in [0.05, 0.1) is 0 Å². The van der Waals surface area contributed by atoms with Crippen LogP contribution in [0, 0.1) is 0 Å². The van der Waals surface area contributed by atoms with Crippen LogP contribution in [0.5, 0.6) is 11.5 Å². The molecule has 6 heteroatoms. The number of rotatable bonds is 1. The smallest absolute Gasteiger partial charge is 0.340 e. The van der Waals surface area contributed by atoms with E-state index in [0.717, 1.165) is 17.4 Å². The van der Waals surface area contributed by atoms with Crippen molar-refractivity contribution in [2.24, 2.45) is 0 Å². The van der Waals surface area contributed by atoms with Gasteiger partial charge in [0.15, 0.2) is 11.5 Å². The van der Waals surface area contributed by atoms with Crippen molar-refractivity contribution < 1.29 is 20.1 Å². The fourth-order valence-electron chi connectivity index (χ4n) is 1.30. The summed E-state index contributed by atoms with van der Waals surface area (Å²) in [5.74, 6) is -2.10. The molecule has 0 aliphatic heterocycles. The Morgan fingerprint density at radius 1 is 1.19 bits per heavy atom. The van der Waals surface area contributed by atoms with Crippen LogP contribution in [0.1, 0.15) is 10.4 Å². The average Bonchev–Trinajstić information content (AvgIpc) is 2.21. The van der Waals surface area contributed by atoms with E-state index < -0.39 is 17.1 Å². The van der Waals surface area contributed by atoms with Crippen LogP contribution in [0.3, 0.4) is 0 Å². The highest BCUT2D eigenvalue weighted by molar-refractivity contribution is 7.16. The van der Waals surface area contributed by atoms with E-state index in [1.165, 1.54) is 11.4 Å². The fourth-order valence-corrected chi connectivity index (χ4v) is 2.21. The number of carboxylic acids is 1. The van der Waals surface area contributed by atoms with Crippen LogP contribution >= 0.6 is 11.3 Å². The van der Waals surface area contributed by atoms with Gasteiger partial charge in [0, 0.05) is 21.5 Å². The van der Waals surface area contributed by atoms with E-state index in [4.69, 9.17) is 5.11 Å². The van der Waals surface area contributed by atoms with Crippen molar-refractivity contribution in [2.45, 2.75) is 0 Å². The van der Waals surface area contributed by atoms with Crippen LogP contribution in [0.2, 0.25) is 0 Å². The van der Waals surface area contributed by atoms with E-state index >= 15 is 0 Å². The number of phenolic OH excluding ortho intramolecular Hbond substituents is 2. The first-order valence-electron chi connectivity index (χ1n) is 4.21. The largest absolute Gasteiger partial charge is 0.504 e. The predicted octanol–water partition coefficient (Wildman–Crippen LogP) is 1.37. The summed E-state index contributed by atoms with van der Waals surface area (Å²) in [7, 11) is 0. The highest BCUT2D eigenvalue weighted by atomic mass is 32.1. The lowest BCUT2D eigenvalue weighted by Gasteiger charge is -2.01. The van der Waals surface area contributed by atoms with Gasteiger partial charge in [-0.3, -0.25) is 4.79 Å². The van der Waals surface area contributed by atoms with Gasteiger partial charge in [-0.05, 0) is 6.07 Å². The molecule has 0 bridgehead atoms. The molecule has 0 fully saturated rings. The lowest BCUT2D eigenvalue weighted by Crippen LogP contribution is -2.13. The maximum Gasteiger partial charge on any atom is 0.340 e. The zero-order valence-corrected chi connectivity index (χ0v) is 8.61. The van der Waals surface area contributed by atoms with Gasteiger partial charge in [-0.2, -0.15) is 0 Å². The summed E-state index contributed by atoms with van der Waals surface area (Å²) in [6, 6.07) is 2.29. The third-order valence-electron chi connectivity index (χ3n) is 2.10. The topological polar surface area (TPSA) is 94.8 Å². The third-order valence-corrected chi connectivity index (χ3v) is 3.05. The van der Waals surface area contributed by atoms with Crippen molar-refractivity contribution in [2.75, 3.05) is 0 Å². The molecule has 1 aromatic heterocycles. The number of benzene rings is 1. The Bertz CT molecular complexity index is 643. The summed E-state index contributed by atoms with van der Waals surface area (Å²) < 4.78 is 0.422. The third kappa shape index (κ3) is 1.49. The minimum absolute atomic E-state index is 0.0835.